The lowest BCUT2D eigenvalue weighted by atomic mass is 10.2. The molecule has 0 aliphatic carbocycles. The molecule has 3 amide bonds. The van der Waals surface area contributed by atoms with Crippen LogP contribution in [0.3, 0.4) is 0 Å². The number of anilines is 2. The zero-order chi connectivity index (χ0) is 17.5. The van der Waals surface area contributed by atoms with Crippen molar-refractivity contribution in [1.82, 2.24) is 10.3 Å². The number of nitrogens with one attached hydrogen (secondary N) is 3. The number of rotatable bonds is 5. The fourth-order valence-corrected chi connectivity index (χ4v) is 2.13. The summed E-state index contributed by atoms with van der Waals surface area (Å²) in [6.07, 6.45) is 6.15. The molecule has 0 atom stereocenters. The molecule has 2 aromatic heterocycles. The lowest BCUT2D eigenvalue weighted by Gasteiger charge is -2.09. The molecule has 0 radical (unpaired) electrons. The van der Waals surface area contributed by atoms with Crippen LogP contribution >= 0.6 is 0 Å². The van der Waals surface area contributed by atoms with Gasteiger partial charge >= 0.3 is 6.03 Å². The van der Waals surface area contributed by atoms with E-state index in [1.165, 1.54) is 12.5 Å². The fourth-order valence-electron chi connectivity index (χ4n) is 2.13. The van der Waals surface area contributed by atoms with Crippen molar-refractivity contribution in [2.75, 3.05) is 10.6 Å². The highest BCUT2D eigenvalue weighted by atomic mass is 16.3. The molecule has 25 heavy (non-hydrogen) atoms. The number of nitrogens with zero attached hydrogens (tertiary/aromatic N) is 1. The number of benzene rings is 1. The first kappa shape index (κ1) is 16.3. The maximum absolute atomic E-state index is 12.0. The Bertz CT molecular complexity index is 848. The fraction of sp³-hybridized carbons (Fsp3) is 0.0556. The van der Waals surface area contributed by atoms with Gasteiger partial charge in [0.25, 0.3) is 5.91 Å². The number of amides is 3. The van der Waals surface area contributed by atoms with E-state index in [1.807, 2.05) is 6.07 Å². The lowest BCUT2D eigenvalue weighted by molar-refractivity contribution is 0.102. The number of furan rings is 1. The summed E-state index contributed by atoms with van der Waals surface area (Å²) in [4.78, 5) is 27.9. The van der Waals surface area contributed by atoms with Gasteiger partial charge in [-0.15, -0.1) is 0 Å². The van der Waals surface area contributed by atoms with E-state index in [9.17, 15) is 9.59 Å². The minimum absolute atomic E-state index is 0.285. The van der Waals surface area contributed by atoms with Gasteiger partial charge in [-0.1, -0.05) is 12.1 Å². The number of carbonyl (C=O) groups excluding carboxylic acids is 2. The minimum atomic E-state index is -0.345. The van der Waals surface area contributed by atoms with Crippen molar-refractivity contribution in [3.63, 3.8) is 0 Å². The van der Waals surface area contributed by atoms with Crippen LogP contribution in [0.2, 0.25) is 0 Å². The molecule has 0 fully saturated rings. The summed E-state index contributed by atoms with van der Waals surface area (Å²) in [5.74, 6) is -0.285. The smallest absolute Gasteiger partial charge is 0.319 e. The average Bonchev–Trinajstić information content (AvgIpc) is 3.16. The summed E-state index contributed by atoms with van der Waals surface area (Å²) in [5, 5.41) is 8.20. The second-order valence-corrected chi connectivity index (χ2v) is 5.22. The van der Waals surface area contributed by atoms with E-state index in [1.54, 1.807) is 48.8 Å². The van der Waals surface area contributed by atoms with Gasteiger partial charge in [-0.3, -0.25) is 9.78 Å². The molecule has 0 bridgehead atoms. The molecule has 0 aliphatic rings. The van der Waals surface area contributed by atoms with Crippen molar-refractivity contribution < 1.29 is 14.0 Å². The van der Waals surface area contributed by atoms with E-state index in [2.05, 4.69) is 20.9 Å². The van der Waals surface area contributed by atoms with E-state index in [0.29, 0.717) is 23.5 Å². The molecule has 3 aromatic rings. The van der Waals surface area contributed by atoms with Crippen LogP contribution in [0.1, 0.15) is 15.9 Å². The third-order valence-electron chi connectivity index (χ3n) is 3.34. The summed E-state index contributed by atoms with van der Waals surface area (Å²) < 4.78 is 4.88. The molecular formula is C18H16N4O3. The third kappa shape index (κ3) is 4.68. The van der Waals surface area contributed by atoms with Crippen LogP contribution in [-0.4, -0.2) is 16.9 Å². The molecule has 0 aliphatic heterocycles. The van der Waals surface area contributed by atoms with Gasteiger partial charge in [-0.05, 0) is 35.9 Å². The minimum Gasteiger partial charge on any atom is -0.472 e. The monoisotopic (exact) mass is 336 g/mol. The topological polar surface area (TPSA) is 96.3 Å². The Morgan fingerprint density at radius 3 is 2.60 bits per heavy atom. The van der Waals surface area contributed by atoms with Gasteiger partial charge in [0.1, 0.15) is 6.26 Å². The Morgan fingerprint density at radius 2 is 1.88 bits per heavy atom. The first-order chi connectivity index (χ1) is 12.2. The molecule has 126 valence electrons. The summed E-state index contributed by atoms with van der Waals surface area (Å²) in [7, 11) is 0. The van der Waals surface area contributed by atoms with Crippen LogP contribution in [-0.2, 0) is 6.54 Å². The summed E-state index contributed by atoms with van der Waals surface area (Å²) in [6.45, 7) is 0.372. The quantitative estimate of drug-likeness (QED) is 0.666. The molecular weight excluding hydrogens is 320 g/mol. The SMILES string of the molecule is O=C(NCc1cccnc1)Nc1cccc(NC(=O)c2ccoc2)c1. The van der Waals surface area contributed by atoms with E-state index in [-0.39, 0.29) is 11.9 Å². The Hall–Kier alpha value is -3.61. The molecule has 1 aromatic carbocycles. The van der Waals surface area contributed by atoms with Crippen molar-refractivity contribution in [3.8, 4) is 0 Å². The molecule has 7 heteroatoms. The number of hydrogen-bond acceptors (Lipinski definition) is 4. The van der Waals surface area contributed by atoms with Crippen molar-refractivity contribution in [1.29, 1.82) is 0 Å². The van der Waals surface area contributed by atoms with Gasteiger partial charge < -0.3 is 20.4 Å². The van der Waals surface area contributed by atoms with Crippen molar-refractivity contribution in [2.24, 2.45) is 0 Å². The molecule has 0 unspecified atom stereocenters. The van der Waals surface area contributed by atoms with Crippen LogP contribution in [0.25, 0.3) is 0 Å². The van der Waals surface area contributed by atoms with Crippen LogP contribution < -0.4 is 16.0 Å². The summed E-state index contributed by atoms with van der Waals surface area (Å²) >= 11 is 0. The number of urea groups is 1. The van der Waals surface area contributed by atoms with Gasteiger partial charge in [0.15, 0.2) is 0 Å². The highest BCUT2D eigenvalue weighted by molar-refractivity contribution is 6.04. The zero-order valence-electron chi connectivity index (χ0n) is 13.2. The Morgan fingerprint density at radius 1 is 1.04 bits per heavy atom. The Balaban J connectivity index is 1.56. The van der Waals surface area contributed by atoms with E-state index < -0.39 is 0 Å². The van der Waals surface area contributed by atoms with Gasteiger partial charge in [-0.2, -0.15) is 0 Å². The average molecular weight is 336 g/mol. The predicted molar refractivity (Wildman–Crippen MR) is 93.2 cm³/mol. The first-order valence-electron chi connectivity index (χ1n) is 7.58. The molecule has 0 saturated heterocycles. The maximum atomic E-state index is 12.0. The molecule has 3 rings (SSSR count). The number of carbonyl (C=O) groups is 2. The van der Waals surface area contributed by atoms with Crippen LogP contribution in [0, 0.1) is 0 Å². The van der Waals surface area contributed by atoms with Gasteiger partial charge in [0.05, 0.1) is 11.8 Å². The highest BCUT2D eigenvalue weighted by Gasteiger charge is 2.08. The molecule has 2 heterocycles. The third-order valence-corrected chi connectivity index (χ3v) is 3.34. The van der Waals surface area contributed by atoms with E-state index >= 15 is 0 Å². The Labute approximate surface area is 144 Å². The van der Waals surface area contributed by atoms with Crippen molar-refractivity contribution in [2.45, 2.75) is 6.54 Å². The van der Waals surface area contributed by atoms with Crippen LogP contribution in [0.15, 0.2) is 71.8 Å². The molecule has 3 N–H and O–H groups in total. The number of hydrogen-bond donors (Lipinski definition) is 3. The van der Waals surface area contributed by atoms with Gasteiger partial charge in [0.2, 0.25) is 0 Å². The maximum Gasteiger partial charge on any atom is 0.319 e. The van der Waals surface area contributed by atoms with Gasteiger partial charge in [-0.25, -0.2) is 4.79 Å². The normalized spacial score (nSPS) is 10.1. The van der Waals surface area contributed by atoms with Crippen molar-refractivity contribution in [3.05, 3.63) is 78.5 Å². The van der Waals surface area contributed by atoms with Crippen LogP contribution in [0.4, 0.5) is 16.2 Å². The lowest BCUT2D eigenvalue weighted by Crippen LogP contribution is -2.28. The second kappa shape index (κ2) is 7.78. The summed E-state index contributed by atoms with van der Waals surface area (Å²) in [6, 6.07) is 11.8. The molecule has 7 nitrogen and oxygen atoms in total. The van der Waals surface area contributed by atoms with Crippen LogP contribution in [0.5, 0.6) is 0 Å². The highest BCUT2D eigenvalue weighted by Crippen LogP contribution is 2.16. The largest absolute Gasteiger partial charge is 0.472 e. The number of pyridine rings is 1. The molecule has 0 saturated carbocycles. The van der Waals surface area contributed by atoms with Gasteiger partial charge in [0, 0.05) is 30.3 Å². The van der Waals surface area contributed by atoms with E-state index in [4.69, 9.17) is 4.42 Å². The predicted octanol–water partition coefficient (Wildman–Crippen LogP) is 3.25. The first-order valence-corrected chi connectivity index (χ1v) is 7.58. The summed E-state index contributed by atoms with van der Waals surface area (Å²) in [5.41, 5.74) is 2.45. The van der Waals surface area contributed by atoms with Crippen molar-refractivity contribution >= 4 is 23.3 Å². The number of aromatic nitrogens is 1. The second-order valence-electron chi connectivity index (χ2n) is 5.22. The Kier molecular flexibility index (Phi) is 5.06. The zero-order valence-corrected chi connectivity index (χ0v) is 13.2. The molecule has 0 spiro atoms. The standard InChI is InChI=1S/C18H16N4O3/c23-17(14-6-8-25-12-14)21-15-4-1-5-16(9-15)22-18(24)20-11-13-3-2-7-19-10-13/h1-10,12H,11H2,(H,21,23)(H2,20,22,24). The van der Waals surface area contributed by atoms with E-state index in [0.717, 1.165) is 5.56 Å².